The molecule has 0 aliphatic carbocycles. The van der Waals surface area contributed by atoms with E-state index in [1.54, 1.807) is 6.07 Å². The summed E-state index contributed by atoms with van der Waals surface area (Å²) in [6, 6.07) is 13.9. The first kappa shape index (κ1) is 9.65. The van der Waals surface area contributed by atoms with Gasteiger partial charge in [-0.25, -0.2) is 0 Å². The smallest absolute Gasteiger partial charge is 0.146 e. The van der Waals surface area contributed by atoms with Crippen molar-refractivity contribution in [3.05, 3.63) is 53.7 Å². The Morgan fingerprint density at radius 3 is 2.33 bits per heavy atom. The van der Waals surface area contributed by atoms with E-state index in [1.807, 2.05) is 24.3 Å². The predicted octanol–water partition coefficient (Wildman–Crippen LogP) is 2.21. The van der Waals surface area contributed by atoms with Crippen molar-refractivity contribution >= 4 is 5.82 Å². The van der Waals surface area contributed by atoms with Gasteiger partial charge in [0.25, 0.3) is 0 Å². The van der Waals surface area contributed by atoms with E-state index in [-0.39, 0.29) is 5.92 Å². The number of rotatable bonds is 2. The average molecular weight is 199 g/mol. The molecule has 1 unspecified atom stereocenters. The lowest BCUT2D eigenvalue weighted by molar-refractivity contribution is 0.826. The second-order valence-electron chi connectivity index (χ2n) is 3.52. The summed E-state index contributed by atoms with van der Waals surface area (Å²) in [4.78, 5) is 0. The van der Waals surface area contributed by atoms with Crippen molar-refractivity contribution in [1.29, 1.82) is 0 Å². The summed E-state index contributed by atoms with van der Waals surface area (Å²) >= 11 is 0. The minimum absolute atomic E-state index is 0.249. The molecule has 2 aromatic rings. The minimum Gasteiger partial charge on any atom is -0.382 e. The largest absolute Gasteiger partial charge is 0.382 e. The standard InChI is InChI=1S/C12H13N3/c1-9(10-5-3-2-4-6-10)11-7-8-12(13)15-14-11/h2-9H,1H3,(H2,13,15). The predicted molar refractivity (Wildman–Crippen MR) is 60.4 cm³/mol. The van der Waals surface area contributed by atoms with Crippen LogP contribution < -0.4 is 5.73 Å². The maximum atomic E-state index is 5.49. The molecule has 1 aromatic carbocycles. The Balaban J connectivity index is 2.29. The maximum Gasteiger partial charge on any atom is 0.146 e. The summed E-state index contributed by atoms with van der Waals surface area (Å²) in [5.74, 6) is 0.707. The first-order valence-corrected chi connectivity index (χ1v) is 4.91. The Kier molecular flexibility index (Phi) is 2.63. The second-order valence-corrected chi connectivity index (χ2v) is 3.52. The van der Waals surface area contributed by atoms with Crippen LogP contribution in [0.1, 0.15) is 24.1 Å². The Hall–Kier alpha value is -1.90. The maximum absolute atomic E-state index is 5.49. The number of aromatic nitrogens is 2. The van der Waals surface area contributed by atoms with Crippen molar-refractivity contribution in [3.8, 4) is 0 Å². The van der Waals surface area contributed by atoms with Gasteiger partial charge >= 0.3 is 0 Å². The molecule has 0 saturated carbocycles. The highest BCUT2D eigenvalue weighted by Crippen LogP contribution is 2.21. The molecule has 1 atom stereocenters. The van der Waals surface area contributed by atoms with Gasteiger partial charge in [0.05, 0.1) is 5.69 Å². The molecule has 0 aliphatic rings. The topological polar surface area (TPSA) is 51.8 Å². The van der Waals surface area contributed by atoms with Gasteiger partial charge in [-0.3, -0.25) is 0 Å². The Morgan fingerprint density at radius 1 is 1.00 bits per heavy atom. The summed E-state index contributed by atoms with van der Waals surface area (Å²) in [7, 11) is 0. The van der Waals surface area contributed by atoms with Gasteiger partial charge in [-0.15, -0.1) is 5.10 Å². The van der Waals surface area contributed by atoms with E-state index in [4.69, 9.17) is 5.73 Å². The van der Waals surface area contributed by atoms with Gasteiger partial charge in [0.15, 0.2) is 0 Å². The Bertz CT molecular complexity index is 422. The second kappa shape index (κ2) is 4.09. The summed E-state index contributed by atoms with van der Waals surface area (Å²) in [5.41, 5.74) is 7.67. The van der Waals surface area contributed by atoms with Crippen molar-refractivity contribution < 1.29 is 0 Å². The molecule has 0 amide bonds. The molecule has 15 heavy (non-hydrogen) atoms. The molecule has 0 fully saturated rings. The van der Waals surface area contributed by atoms with Crippen LogP contribution in [-0.2, 0) is 0 Å². The quantitative estimate of drug-likeness (QED) is 0.806. The fraction of sp³-hybridized carbons (Fsp3) is 0.167. The third kappa shape index (κ3) is 2.13. The molecule has 0 spiro atoms. The summed E-state index contributed by atoms with van der Waals surface area (Å²) in [6.07, 6.45) is 0. The number of nitrogen functional groups attached to an aromatic ring is 1. The number of hydrogen-bond acceptors (Lipinski definition) is 3. The third-order valence-corrected chi connectivity index (χ3v) is 2.45. The van der Waals surface area contributed by atoms with Crippen molar-refractivity contribution in [2.75, 3.05) is 5.73 Å². The van der Waals surface area contributed by atoms with Gasteiger partial charge in [-0.1, -0.05) is 37.3 Å². The highest BCUT2D eigenvalue weighted by atomic mass is 15.1. The van der Waals surface area contributed by atoms with E-state index in [1.165, 1.54) is 5.56 Å². The lowest BCUT2D eigenvalue weighted by Gasteiger charge is -2.10. The highest BCUT2D eigenvalue weighted by molar-refractivity contribution is 5.31. The fourth-order valence-electron chi connectivity index (χ4n) is 1.50. The van der Waals surface area contributed by atoms with Crippen molar-refractivity contribution in [2.24, 2.45) is 0 Å². The molecule has 0 radical (unpaired) electrons. The van der Waals surface area contributed by atoms with E-state index in [2.05, 4.69) is 29.3 Å². The number of hydrogen-bond donors (Lipinski definition) is 1. The molecule has 1 aromatic heterocycles. The van der Waals surface area contributed by atoms with Gasteiger partial charge in [0, 0.05) is 5.92 Å². The van der Waals surface area contributed by atoms with E-state index in [0.29, 0.717) is 5.82 Å². The first-order chi connectivity index (χ1) is 7.27. The van der Waals surface area contributed by atoms with Crippen LogP contribution in [0.4, 0.5) is 5.82 Å². The van der Waals surface area contributed by atoms with Crippen LogP contribution in [0.2, 0.25) is 0 Å². The van der Waals surface area contributed by atoms with Crippen molar-refractivity contribution in [1.82, 2.24) is 10.2 Å². The lowest BCUT2D eigenvalue weighted by atomic mass is 9.98. The molecule has 0 bridgehead atoms. The number of nitrogens with two attached hydrogens (primary N) is 1. The highest BCUT2D eigenvalue weighted by Gasteiger charge is 2.09. The van der Waals surface area contributed by atoms with E-state index in [9.17, 15) is 0 Å². The van der Waals surface area contributed by atoms with E-state index >= 15 is 0 Å². The van der Waals surface area contributed by atoms with Gasteiger partial charge < -0.3 is 5.73 Å². The monoisotopic (exact) mass is 199 g/mol. The van der Waals surface area contributed by atoms with Crippen molar-refractivity contribution in [2.45, 2.75) is 12.8 Å². The van der Waals surface area contributed by atoms with Gasteiger partial charge in [0.2, 0.25) is 0 Å². The zero-order chi connectivity index (χ0) is 10.7. The summed E-state index contributed by atoms with van der Waals surface area (Å²) < 4.78 is 0. The van der Waals surface area contributed by atoms with Crippen LogP contribution in [-0.4, -0.2) is 10.2 Å². The van der Waals surface area contributed by atoms with E-state index in [0.717, 1.165) is 5.69 Å². The fourth-order valence-corrected chi connectivity index (χ4v) is 1.50. The van der Waals surface area contributed by atoms with Gasteiger partial charge in [-0.05, 0) is 17.7 Å². The van der Waals surface area contributed by atoms with Crippen LogP contribution in [0.25, 0.3) is 0 Å². The van der Waals surface area contributed by atoms with Gasteiger partial charge in [0.1, 0.15) is 5.82 Å². The molecule has 0 aliphatic heterocycles. The molecule has 0 saturated heterocycles. The molecule has 76 valence electrons. The Morgan fingerprint density at radius 2 is 1.73 bits per heavy atom. The zero-order valence-electron chi connectivity index (χ0n) is 8.59. The van der Waals surface area contributed by atoms with Gasteiger partial charge in [-0.2, -0.15) is 5.10 Å². The molecular formula is C12H13N3. The van der Waals surface area contributed by atoms with Crippen LogP contribution in [0.5, 0.6) is 0 Å². The van der Waals surface area contributed by atoms with Crippen LogP contribution in [0, 0.1) is 0 Å². The van der Waals surface area contributed by atoms with Crippen LogP contribution in [0.15, 0.2) is 42.5 Å². The normalized spacial score (nSPS) is 12.3. The van der Waals surface area contributed by atoms with Crippen LogP contribution in [0.3, 0.4) is 0 Å². The number of anilines is 1. The summed E-state index contributed by atoms with van der Waals surface area (Å²) in [6.45, 7) is 2.11. The minimum atomic E-state index is 0.249. The molecular weight excluding hydrogens is 186 g/mol. The lowest BCUT2D eigenvalue weighted by Crippen LogP contribution is -2.02. The number of nitrogens with zero attached hydrogens (tertiary/aromatic N) is 2. The van der Waals surface area contributed by atoms with Crippen LogP contribution >= 0.6 is 0 Å². The third-order valence-electron chi connectivity index (χ3n) is 2.45. The molecule has 2 rings (SSSR count). The van der Waals surface area contributed by atoms with E-state index < -0.39 is 0 Å². The number of benzene rings is 1. The zero-order valence-corrected chi connectivity index (χ0v) is 8.59. The SMILES string of the molecule is CC(c1ccccc1)c1ccc(N)nn1. The first-order valence-electron chi connectivity index (χ1n) is 4.91. The molecule has 2 N–H and O–H groups in total. The average Bonchev–Trinajstić information content (AvgIpc) is 2.30. The molecule has 1 heterocycles. The Labute approximate surface area is 89.0 Å². The summed E-state index contributed by atoms with van der Waals surface area (Å²) in [5, 5.41) is 7.93. The molecule has 3 nitrogen and oxygen atoms in total. The van der Waals surface area contributed by atoms with Crippen molar-refractivity contribution in [3.63, 3.8) is 0 Å². The molecule has 3 heteroatoms.